The van der Waals surface area contributed by atoms with E-state index < -0.39 is 0 Å². The van der Waals surface area contributed by atoms with E-state index in [1.54, 1.807) is 43.5 Å². The number of pyridine rings is 1. The number of amides is 1. The number of nitrogens with zero attached hydrogens (tertiary/aromatic N) is 4. The Morgan fingerprint density at radius 2 is 2.18 bits per heavy atom. The molecule has 0 aliphatic carbocycles. The molecule has 10 heteroatoms. The van der Waals surface area contributed by atoms with Crippen molar-refractivity contribution in [2.45, 2.75) is 0 Å². The van der Waals surface area contributed by atoms with Gasteiger partial charge in [-0.3, -0.25) is 18.9 Å². The zero-order valence-corrected chi connectivity index (χ0v) is 17.1. The van der Waals surface area contributed by atoms with E-state index in [-0.39, 0.29) is 23.6 Å². The third-order valence-corrected chi connectivity index (χ3v) is 5.59. The van der Waals surface area contributed by atoms with Crippen LogP contribution in [-0.4, -0.2) is 70.1 Å². The summed E-state index contributed by atoms with van der Waals surface area (Å²) in [4.78, 5) is 33.9. The number of likely N-dealkylation sites (N-methyl/N-ethyl adjacent to an activating group) is 1. The molecule has 3 heterocycles. The maximum Gasteiger partial charge on any atom is 0.267 e. The lowest BCUT2D eigenvalue weighted by Crippen LogP contribution is -2.31. The number of aromatic nitrogens is 2. The van der Waals surface area contributed by atoms with Gasteiger partial charge in [0, 0.05) is 26.9 Å². The number of carbonyl (C=O) groups excluding carboxylic acids is 1. The number of anilines is 1. The number of hydrogen-bond acceptors (Lipinski definition) is 8. The Morgan fingerprint density at radius 3 is 2.89 bits per heavy atom. The monoisotopic (exact) mass is 420 g/mol. The summed E-state index contributed by atoms with van der Waals surface area (Å²) < 4.78 is 6.87. The third-order valence-electron chi connectivity index (χ3n) is 4.21. The van der Waals surface area contributed by atoms with Gasteiger partial charge in [0.15, 0.2) is 0 Å². The Hall–Kier alpha value is -2.27. The highest BCUT2D eigenvalue weighted by molar-refractivity contribution is 8.26. The van der Waals surface area contributed by atoms with Crippen molar-refractivity contribution in [2.24, 2.45) is 0 Å². The highest BCUT2D eigenvalue weighted by Gasteiger charge is 2.32. The highest BCUT2D eigenvalue weighted by Crippen LogP contribution is 2.33. The molecule has 1 aliphatic heterocycles. The molecule has 0 spiro atoms. The highest BCUT2D eigenvalue weighted by atomic mass is 32.2. The zero-order chi connectivity index (χ0) is 20.3. The molecule has 8 nitrogen and oxygen atoms in total. The molecule has 0 bridgehead atoms. The van der Waals surface area contributed by atoms with Gasteiger partial charge in [-0.2, -0.15) is 0 Å². The number of ether oxygens (including phenoxy) is 1. The van der Waals surface area contributed by atoms with E-state index in [1.807, 2.05) is 0 Å². The van der Waals surface area contributed by atoms with Gasteiger partial charge in [-0.25, -0.2) is 4.98 Å². The Bertz CT molecular complexity index is 1000. The Kier molecular flexibility index (Phi) is 6.45. The molecule has 1 saturated heterocycles. The Labute approximate surface area is 171 Å². The second-order valence-corrected chi connectivity index (χ2v) is 7.73. The first-order chi connectivity index (χ1) is 13.5. The SMILES string of the molecule is COCCN1C(=O)/C(=C/c2c(N(C)CCO)nc3ccccn3c2=O)SC1=S. The van der Waals surface area contributed by atoms with Crippen LogP contribution in [0.4, 0.5) is 5.82 Å². The summed E-state index contributed by atoms with van der Waals surface area (Å²) in [6.07, 6.45) is 3.16. The van der Waals surface area contributed by atoms with Gasteiger partial charge in [-0.15, -0.1) is 0 Å². The number of fused-ring (bicyclic) bond motifs is 1. The molecule has 28 heavy (non-hydrogen) atoms. The standard InChI is InChI=1S/C18H20N4O4S2/c1-20(7-9-23)15-12(16(24)21-6-4-3-5-14(21)19-15)11-13-17(25)22(8-10-26-2)18(27)28-13/h3-6,11,23H,7-10H2,1-2H3/b13-11-. The predicted molar refractivity (Wildman–Crippen MR) is 114 cm³/mol. The number of aliphatic hydroxyl groups excluding tert-OH is 1. The molecule has 0 unspecified atom stereocenters. The van der Waals surface area contributed by atoms with Crippen molar-refractivity contribution in [3.63, 3.8) is 0 Å². The molecule has 148 valence electrons. The van der Waals surface area contributed by atoms with Crippen molar-refractivity contribution in [2.75, 3.05) is 45.4 Å². The van der Waals surface area contributed by atoms with E-state index in [4.69, 9.17) is 17.0 Å². The van der Waals surface area contributed by atoms with Crippen molar-refractivity contribution in [1.29, 1.82) is 0 Å². The van der Waals surface area contributed by atoms with E-state index in [9.17, 15) is 14.7 Å². The van der Waals surface area contributed by atoms with Crippen LogP contribution in [0, 0.1) is 0 Å². The molecule has 2 aromatic heterocycles. The minimum atomic E-state index is -0.299. The molecule has 2 aromatic rings. The van der Waals surface area contributed by atoms with Gasteiger partial charge in [0.1, 0.15) is 15.8 Å². The fourth-order valence-corrected chi connectivity index (χ4v) is 4.06. The summed E-state index contributed by atoms with van der Waals surface area (Å²) in [5.41, 5.74) is 0.455. The van der Waals surface area contributed by atoms with Crippen LogP contribution < -0.4 is 10.5 Å². The second-order valence-electron chi connectivity index (χ2n) is 6.05. The van der Waals surface area contributed by atoms with Crippen molar-refractivity contribution >= 4 is 51.7 Å². The summed E-state index contributed by atoms with van der Waals surface area (Å²) in [5.74, 6) is 0.132. The van der Waals surface area contributed by atoms with Crippen LogP contribution in [0.25, 0.3) is 11.7 Å². The lowest BCUT2D eigenvalue weighted by Gasteiger charge is -2.19. The smallest absolute Gasteiger partial charge is 0.267 e. The van der Waals surface area contributed by atoms with Crippen molar-refractivity contribution < 1.29 is 14.6 Å². The first kappa shape index (κ1) is 20.5. The topological polar surface area (TPSA) is 87.4 Å². The number of hydrogen-bond donors (Lipinski definition) is 1. The van der Waals surface area contributed by atoms with E-state index >= 15 is 0 Å². The molecule has 3 rings (SSSR count). The molecule has 0 saturated carbocycles. The zero-order valence-electron chi connectivity index (χ0n) is 15.5. The molecule has 1 N–H and O–H groups in total. The number of aliphatic hydroxyl groups is 1. The largest absolute Gasteiger partial charge is 0.395 e. The van der Waals surface area contributed by atoms with Crippen LogP contribution in [0.5, 0.6) is 0 Å². The lowest BCUT2D eigenvalue weighted by atomic mass is 10.2. The molecular formula is C18H20N4O4S2. The number of thiocarbonyl (C=S) groups is 1. The second kappa shape index (κ2) is 8.82. The Morgan fingerprint density at radius 1 is 1.39 bits per heavy atom. The normalized spacial score (nSPS) is 15.8. The average Bonchev–Trinajstić information content (AvgIpc) is 2.95. The first-order valence-corrected chi connectivity index (χ1v) is 9.78. The summed E-state index contributed by atoms with van der Waals surface area (Å²) in [7, 11) is 3.29. The maximum absolute atomic E-state index is 13.1. The van der Waals surface area contributed by atoms with Gasteiger partial charge >= 0.3 is 0 Å². The van der Waals surface area contributed by atoms with Gasteiger partial charge in [0.2, 0.25) is 0 Å². The van der Waals surface area contributed by atoms with E-state index in [1.165, 1.54) is 15.4 Å². The summed E-state index contributed by atoms with van der Waals surface area (Å²) in [6, 6.07) is 5.26. The fourth-order valence-electron chi connectivity index (χ4n) is 2.77. The number of carbonyl (C=O) groups is 1. The van der Waals surface area contributed by atoms with Gasteiger partial charge in [0.05, 0.1) is 30.2 Å². The van der Waals surface area contributed by atoms with Gasteiger partial charge < -0.3 is 14.7 Å². The van der Waals surface area contributed by atoms with Crippen LogP contribution >= 0.6 is 24.0 Å². The number of methoxy groups -OCH3 is 1. The quantitative estimate of drug-likeness (QED) is 0.524. The minimum absolute atomic E-state index is 0.0923. The van der Waals surface area contributed by atoms with Crippen molar-refractivity contribution in [3.05, 3.63) is 45.2 Å². The van der Waals surface area contributed by atoms with E-state index in [0.717, 1.165) is 11.8 Å². The van der Waals surface area contributed by atoms with Gasteiger partial charge in [-0.1, -0.05) is 30.0 Å². The van der Waals surface area contributed by atoms with E-state index in [0.29, 0.717) is 40.4 Å². The van der Waals surface area contributed by atoms with Gasteiger partial charge in [-0.05, 0) is 18.2 Å². The van der Waals surface area contributed by atoms with E-state index in [2.05, 4.69) is 4.98 Å². The van der Waals surface area contributed by atoms with Crippen LogP contribution in [0.3, 0.4) is 0 Å². The molecule has 1 aliphatic rings. The number of thioether (sulfide) groups is 1. The van der Waals surface area contributed by atoms with Crippen molar-refractivity contribution in [1.82, 2.24) is 14.3 Å². The summed E-state index contributed by atoms with van der Waals surface area (Å²) in [6.45, 7) is 0.922. The van der Waals surface area contributed by atoms with Crippen molar-refractivity contribution in [3.8, 4) is 0 Å². The molecule has 0 aromatic carbocycles. The predicted octanol–water partition coefficient (Wildman–Crippen LogP) is 0.971. The average molecular weight is 421 g/mol. The molecule has 1 amide bonds. The fraction of sp³-hybridized carbons (Fsp3) is 0.333. The van der Waals surface area contributed by atoms with Crippen LogP contribution in [0.2, 0.25) is 0 Å². The first-order valence-electron chi connectivity index (χ1n) is 8.55. The minimum Gasteiger partial charge on any atom is -0.395 e. The van der Waals surface area contributed by atoms with Crippen LogP contribution in [0.1, 0.15) is 5.56 Å². The molecule has 1 fully saturated rings. The summed E-state index contributed by atoms with van der Waals surface area (Å²) in [5, 5.41) is 9.29. The lowest BCUT2D eigenvalue weighted by molar-refractivity contribution is -0.122. The number of rotatable bonds is 7. The summed E-state index contributed by atoms with van der Waals surface area (Å²) >= 11 is 6.43. The Balaban J connectivity index is 2.11. The van der Waals surface area contributed by atoms with Crippen LogP contribution in [0.15, 0.2) is 34.1 Å². The maximum atomic E-state index is 13.1. The van der Waals surface area contributed by atoms with Gasteiger partial charge in [0.25, 0.3) is 11.5 Å². The molecule has 0 radical (unpaired) electrons. The third kappa shape index (κ3) is 3.95. The van der Waals surface area contributed by atoms with Crippen LogP contribution in [-0.2, 0) is 9.53 Å². The molecular weight excluding hydrogens is 400 g/mol. The molecule has 0 atom stereocenters.